The fourth-order valence-electron chi connectivity index (χ4n) is 1.97. The van der Waals surface area contributed by atoms with E-state index in [4.69, 9.17) is 0 Å². The van der Waals surface area contributed by atoms with Gasteiger partial charge in [-0.2, -0.15) is 0 Å². The van der Waals surface area contributed by atoms with Crippen molar-refractivity contribution in [1.82, 2.24) is 4.90 Å². The highest BCUT2D eigenvalue weighted by Gasteiger charge is 2.13. The van der Waals surface area contributed by atoms with Crippen LogP contribution in [0.5, 0.6) is 0 Å². The van der Waals surface area contributed by atoms with Crippen LogP contribution in [0.1, 0.15) is 20.3 Å². The smallest absolute Gasteiger partial charge is 0.0366 e. The van der Waals surface area contributed by atoms with Crippen LogP contribution in [0.15, 0.2) is 30.3 Å². The molecule has 0 spiro atoms. The number of nitrogens with zero attached hydrogens (tertiary/aromatic N) is 2. The third-order valence-corrected chi connectivity index (χ3v) is 3.14. The summed E-state index contributed by atoms with van der Waals surface area (Å²) in [5, 5.41) is 0. The van der Waals surface area contributed by atoms with Crippen LogP contribution in [0.3, 0.4) is 0 Å². The summed E-state index contributed by atoms with van der Waals surface area (Å²) < 4.78 is 0. The van der Waals surface area contributed by atoms with E-state index in [9.17, 15) is 0 Å². The molecule has 1 aromatic rings. The normalized spacial score (nSPS) is 12.8. The summed E-state index contributed by atoms with van der Waals surface area (Å²) in [5.41, 5.74) is 1.32. The first kappa shape index (κ1) is 13.0. The molecule has 0 heterocycles. The van der Waals surface area contributed by atoms with E-state index in [1.807, 2.05) is 0 Å². The van der Waals surface area contributed by atoms with Gasteiger partial charge in [0.2, 0.25) is 0 Å². The molecule has 1 rings (SSSR count). The Kier molecular flexibility index (Phi) is 5.33. The first-order valence-corrected chi connectivity index (χ1v) is 6.15. The van der Waals surface area contributed by atoms with Gasteiger partial charge in [-0.15, -0.1) is 0 Å². The Labute approximate surface area is 99.9 Å². The van der Waals surface area contributed by atoms with E-state index in [-0.39, 0.29) is 0 Å². The maximum absolute atomic E-state index is 2.44. The third kappa shape index (κ3) is 3.53. The van der Waals surface area contributed by atoms with Gasteiger partial charge >= 0.3 is 0 Å². The van der Waals surface area contributed by atoms with Crippen molar-refractivity contribution >= 4 is 5.69 Å². The van der Waals surface area contributed by atoms with Crippen LogP contribution in [-0.2, 0) is 0 Å². The van der Waals surface area contributed by atoms with Gasteiger partial charge in [-0.25, -0.2) is 0 Å². The van der Waals surface area contributed by atoms with E-state index in [1.54, 1.807) is 0 Å². The molecule has 0 radical (unpaired) electrons. The maximum atomic E-state index is 2.44. The molecular weight excluding hydrogens is 196 g/mol. The van der Waals surface area contributed by atoms with E-state index >= 15 is 0 Å². The number of benzene rings is 1. The lowest BCUT2D eigenvalue weighted by molar-refractivity contribution is 0.288. The van der Waals surface area contributed by atoms with E-state index in [1.165, 1.54) is 12.1 Å². The summed E-state index contributed by atoms with van der Waals surface area (Å²) in [6, 6.07) is 11.3. The molecule has 1 unspecified atom stereocenters. The lowest BCUT2D eigenvalue weighted by Crippen LogP contribution is -2.40. The molecule has 0 aliphatic heterocycles. The molecule has 0 saturated carbocycles. The van der Waals surface area contributed by atoms with Gasteiger partial charge in [-0.05, 0) is 39.6 Å². The van der Waals surface area contributed by atoms with Gasteiger partial charge < -0.3 is 9.80 Å². The highest BCUT2D eigenvalue weighted by Crippen LogP contribution is 2.14. The van der Waals surface area contributed by atoms with Crippen molar-refractivity contribution in [2.45, 2.75) is 26.3 Å². The molecular formula is C14H24N2. The van der Waals surface area contributed by atoms with E-state index in [2.05, 4.69) is 68.1 Å². The van der Waals surface area contributed by atoms with E-state index in [0.29, 0.717) is 6.04 Å². The van der Waals surface area contributed by atoms with E-state index in [0.717, 1.165) is 13.1 Å². The van der Waals surface area contributed by atoms with Crippen LogP contribution in [0, 0.1) is 0 Å². The predicted octanol–water partition coefficient (Wildman–Crippen LogP) is 2.85. The molecule has 2 heteroatoms. The fourth-order valence-corrected chi connectivity index (χ4v) is 1.97. The molecule has 0 aliphatic carbocycles. The summed E-state index contributed by atoms with van der Waals surface area (Å²) in [4.78, 5) is 4.75. The van der Waals surface area contributed by atoms with Crippen molar-refractivity contribution in [1.29, 1.82) is 0 Å². The Hall–Kier alpha value is -1.02. The first-order chi connectivity index (χ1) is 7.69. The predicted molar refractivity (Wildman–Crippen MR) is 72.1 cm³/mol. The van der Waals surface area contributed by atoms with Crippen molar-refractivity contribution in [3.8, 4) is 0 Å². The highest BCUT2D eigenvalue weighted by atomic mass is 15.2. The molecule has 1 aromatic carbocycles. The summed E-state index contributed by atoms with van der Waals surface area (Å²) in [7, 11) is 4.32. The van der Waals surface area contributed by atoms with E-state index < -0.39 is 0 Å². The second kappa shape index (κ2) is 6.54. The number of likely N-dealkylation sites (N-methyl/N-ethyl adjacent to an activating group) is 2. The van der Waals surface area contributed by atoms with Crippen LogP contribution in [0.25, 0.3) is 0 Å². The largest absolute Gasteiger partial charge is 0.370 e. The zero-order chi connectivity index (χ0) is 12.0. The summed E-state index contributed by atoms with van der Waals surface area (Å²) >= 11 is 0. The van der Waals surface area contributed by atoms with Crippen molar-refractivity contribution < 1.29 is 0 Å². The number of hydrogen-bond acceptors (Lipinski definition) is 2. The minimum absolute atomic E-state index is 0.625. The Bertz CT molecular complexity index is 282. The molecule has 1 atom stereocenters. The number of rotatable bonds is 6. The van der Waals surface area contributed by atoms with Gasteiger partial charge in [0.15, 0.2) is 0 Å². The minimum Gasteiger partial charge on any atom is -0.370 e. The number of para-hydroxylation sites is 1. The average molecular weight is 220 g/mol. The molecule has 0 bridgehead atoms. The maximum Gasteiger partial charge on any atom is 0.0366 e. The Morgan fingerprint density at radius 1 is 1.06 bits per heavy atom. The molecule has 0 fully saturated rings. The SMILES string of the molecule is CCC(CN(CC)c1ccccc1)N(C)C. The molecule has 90 valence electrons. The average Bonchev–Trinajstić information content (AvgIpc) is 2.31. The Morgan fingerprint density at radius 2 is 1.69 bits per heavy atom. The summed E-state index contributed by atoms with van der Waals surface area (Å²) in [5.74, 6) is 0. The van der Waals surface area contributed by atoms with Crippen LogP contribution in [0.2, 0.25) is 0 Å². The molecule has 0 N–H and O–H groups in total. The Balaban J connectivity index is 2.68. The topological polar surface area (TPSA) is 6.48 Å². The van der Waals surface area contributed by atoms with Gasteiger partial charge in [0.1, 0.15) is 0 Å². The summed E-state index contributed by atoms with van der Waals surface area (Å²) in [6.07, 6.45) is 1.19. The van der Waals surface area contributed by atoms with Gasteiger partial charge in [-0.3, -0.25) is 0 Å². The molecule has 0 saturated heterocycles. The minimum atomic E-state index is 0.625. The third-order valence-electron chi connectivity index (χ3n) is 3.14. The lowest BCUT2D eigenvalue weighted by Gasteiger charge is -2.31. The highest BCUT2D eigenvalue weighted by molar-refractivity contribution is 5.45. The van der Waals surface area contributed by atoms with Crippen molar-refractivity contribution in [2.75, 3.05) is 32.1 Å². The first-order valence-electron chi connectivity index (χ1n) is 6.15. The molecule has 0 aliphatic rings. The quantitative estimate of drug-likeness (QED) is 0.727. The van der Waals surface area contributed by atoms with Gasteiger partial charge in [0, 0.05) is 24.8 Å². The zero-order valence-corrected chi connectivity index (χ0v) is 11.0. The zero-order valence-electron chi connectivity index (χ0n) is 11.0. The van der Waals surface area contributed by atoms with Crippen molar-refractivity contribution in [3.63, 3.8) is 0 Å². The standard InChI is InChI=1S/C14H24N2/c1-5-13(15(3)4)12-16(6-2)14-10-8-7-9-11-14/h7-11,13H,5-6,12H2,1-4H3. The van der Waals surface area contributed by atoms with Crippen LogP contribution < -0.4 is 4.90 Å². The van der Waals surface area contributed by atoms with Gasteiger partial charge in [0.05, 0.1) is 0 Å². The second-order valence-electron chi connectivity index (χ2n) is 4.40. The van der Waals surface area contributed by atoms with Gasteiger partial charge in [-0.1, -0.05) is 25.1 Å². The van der Waals surface area contributed by atoms with Crippen molar-refractivity contribution in [2.24, 2.45) is 0 Å². The van der Waals surface area contributed by atoms with Crippen LogP contribution in [-0.4, -0.2) is 38.1 Å². The fraction of sp³-hybridized carbons (Fsp3) is 0.571. The summed E-state index contributed by atoms with van der Waals surface area (Å²) in [6.45, 7) is 6.64. The molecule has 0 aromatic heterocycles. The van der Waals surface area contributed by atoms with Gasteiger partial charge in [0.25, 0.3) is 0 Å². The second-order valence-corrected chi connectivity index (χ2v) is 4.40. The van der Waals surface area contributed by atoms with Crippen LogP contribution in [0.4, 0.5) is 5.69 Å². The van der Waals surface area contributed by atoms with Crippen molar-refractivity contribution in [3.05, 3.63) is 30.3 Å². The lowest BCUT2D eigenvalue weighted by atomic mass is 10.1. The van der Waals surface area contributed by atoms with Crippen LogP contribution >= 0.6 is 0 Å². The molecule has 2 nitrogen and oxygen atoms in total. The molecule has 16 heavy (non-hydrogen) atoms. The monoisotopic (exact) mass is 220 g/mol. The number of hydrogen-bond donors (Lipinski definition) is 0. The number of anilines is 1. The molecule has 0 amide bonds. The Morgan fingerprint density at radius 3 is 2.12 bits per heavy atom.